The summed E-state index contributed by atoms with van der Waals surface area (Å²) in [4.78, 5) is 13.5. The second-order valence-corrected chi connectivity index (χ2v) is 5.80. The molecule has 0 aliphatic carbocycles. The van der Waals surface area contributed by atoms with Crippen LogP contribution in [0, 0.1) is 12.7 Å². The molecule has 1 atom stereocenters. The van der Waals surface area contributed by atoms with Gasteiger partial charge in [-0.05, 0) is 47.9 Å². The quantitative estimate of drug-likeness (QED) is 0.847. The highest BCUT2D eigenvalue weighted by molar-refractivity contribution is 5.82. The highest BCUT2D eigenvalue weighted by Gasteiger charge is 2.30. The van der Waals surface area contributed by atoms with Crippen LogP contribution in [-0.2, 0) is 17.5 Å². The van der Waals surface area contributed by atoms with Crippen LogP contribution in [0.1, 0.15) is 28.4 Å². The molecule has 0 bridgehead atoms. The minimum atomic E-state index is -4.47. The molecule has 0 heterocycles. The second kappa shape index (κ2) is 7.23. The van der Waals surface area contributed by atoms with Crippen LogP contribution in [-0.4, -0.2) is 23.0 Å². The third-order valence-electron chi connectivity index (χ3n) is 3.81. The molecule has 0 aliphatic rings. The number of aliphatic hydroxyl groups is 1. The number of nitrogens with zero attached hydrogens (tertiary/aromatic N) is 1. The van der Waals surface area contributed by atoms with E-state index in [-0.39, 0.29) is 17.7 Å². The zero-order valence-electron chi connectivity index (χ0n) is 13.6. The van der Waals surface area contributed by atoms with Crippen LogP contribution in [0.15, 0.2) is 42.5 Å². The number of likely N-dealkylation sites (N-methyl/N-ethyl adjacent to an activating group) is 1. The number of aliphatic hydroxyl groups excluding tert-OH is 1. The van der Waals surface area contributed by atoms with E-state index in [2.05, 4.69) is 0 Å². The van der Waals surface area contributed by atoms with Gasteiger partial charge < -0.3 is 10.0 Å². The van der Waals surface area contributed by atoms with E-state index in [1.54, 1.807) is 6.92 Å². The van der Waals surface area contributed by atoms with E-state index in [9.17, 15) is 27.5 Å². The largest absolute Gasteiger partial charge is 0.416 e. The van der Waals surface area contributed by atoms with Crippen molar-refractivity contribution in [3.8, 4) is 0 Å². The molecule has 0 spiro atoms. The molecule has 1 amide bonds. The van der Waals surface area contributed by atoms with Gasteiger partial charge in [0.25, 0.3) is 5.91 Å². The zero-order valence-corrected chi connectivity index (χ0v) is 13.6. The van der Waals surface area contributed by atoms with Crippen molar-refractivity contribution >= 4 is 5.91 Å². The Bertz CT molecular complexity index is 774. The normalized spacial score (nSPS) is 12.8. The van der Waals surface area contributed by atoms with Crippen molar-refractivity contribution in [3.05, 3.63) is 70.5 Å². The number of amides is 1. The summed E-state index contributed by atoms with van der Waals surface area (Å²) in [5, 5.41) is 10.2. The molecule has 1 N–H and O–H groups in total. The molecule has 25 heavy (non-hydrogen) atoms. The number of carbonyl (C=O) groups is 1. The number of aryl methyl sites for hydroxylation is 1. The smallest absolute Gasteiger partial charge is 0.378 e. The van der Waals surface area contributed by atoms with E-state index >= 15 is 0 Å². The van der Waals surface area contributed by atoms with E-state index in [1.165, 1.54) is 31.3 Å². The first-order chi connectivity index (χ1) is 11.6. The number of hydrogen-bond acceptors (Lipinski definition) is 2. The Kier molecular flexibility index (Phi) is 5.47. The minimum Gasteiger partial charge on any atom is -0.378 e. The van der Waals surface area contributed by atoms with Crippen molar-refractivity contribution in [2.75, 3.05) is 7.05 Å². The van der Waals surface area contributed by atoms with Gasteiger partial charge in [0, 0.05) is 13.6 Å². The van der Waals surface area contributed by atoms with E-state index in [0.717, 1.165) is 23.1 Å². The monoisotopic (exact) mass is 355 g/mol. The van der Waals surface area contributed by atoms with Crippen LogP contribution < -0.4 is 0 Å². The first-order valence-corrected chi connectivity index (χ1v) is 7.45. The second-order valence-electron chi connectivity index (χ2n) is 5.80. The standard InChI is InChI=1S/C18H17F4NO2/c1-11-8-14(19)6-7-15(11)16(24)17(25)23(2)10-12-4-3-5-13(9-12)18(20,21)22/h3-9,16,24H,10H2,1-2H3. The molecule has 2 aromatic carbocycles. The number of carbonyl (C=O) groups excluding carboxylic acids is 1. The summed E-state index contributed by atoms with van der Waals surface area (Å²) >= 11 is 0. The van der Waals surface area contributed by atoms with E-state index in [4.69, 9.17) is 0 Å². The summed E-state index contributed by atoms with van der Waals surface area (Å²) in [6.45, 7) is 1.46. The molecule has 2 rings (SSSR count). The molecule has 0 fully saturated rings. The average molecular weight is 355 g/mol. The maximum absolute atomic E-state index is 13.1. The van der Waals surface area contributed by atoms with Crippen molar-refractivity contribution in [2.45, 2.75) is 25.7 Å². The van der Waals surface area contributed by atoms with Crippen LogP contribution >= 0.6 is 0 Å². The molecule has 0 saturated heterocycles. The lowest BCUT2D eigenvalue weighted by Crippen LogP contribution is -2.31. The number of halogens is 4. The highest BCUT2D eigenvalue weighted by Crippen LogP contribution is 2.30. The molecule has 3 nitrogen and oxygen atoms in total. The van der Waals surface area contributed by atoms with Crippen LogP contribution in [0.4, 0.5) is 17.6 Å². The zero-order chi connectivity index (χ0) is 18.8. The predicted octanol–water partition coefficient (Wildman–Crippen LogP) is 3.84. The summed E-state index contributed by atoms with van der Waals surface area (Å²) in [5.41, 5.74) is 0.144. The fraction of sp³-hybridized carbons (Fsp3) is 0.278. The first-order valence-electron chi connectivity index (χ1n) is 7.45. The average Bonchev–Trinajstić information content (AvgIpc) is 2.53. The predicted molar refractivity (Wildman–Crippen MR) is 84.0 cm³/mol. The first kappa shape index (κ1) is 18.9. The molecule has 0 aliphatic heterocycles. The van der Waals surface area contributed by atoms with Crippen LogP contribution in [0.2, 0.25) is 0 Å². The minimum absolute atomic E-state index is 0.0972. The summed E-state index contributed by atoms with van der Waals surface area (Å²) in [6, 6.07) is 8.27. The van der Waals surface area contributed by atoms with Gasteiger partial charge in [0.15, 0.2) is 6.10 Å². The number of rotatable bonds is 4. The van der Waals surface area contributed by atoms with Crippen LogP contribution in [0.5, 0.6) is 0 Å². The number of hydrogen-bond donors (Lipinski definition) is 1. The maximum atomic E-state index is 13.1. The SMILES string of the molecule is Cc1cc(F)ccc1C(O)C(=O)N(C)Cc1cccc(C(F)(F)F)c1. The van der Waals surface area contributed by atoms with Crippen LogP contribution in [0.3, 0.4) is 0 Å². The van der Waals surface area contributed by atoms with E-state index < -0.39 is 29.6 Å². The summed E-state index contributed by atoms with van der Waals surface area (Å²) in [6.07, 6.45) is -5.99. The number of benzene rings is 2. The van der Waals surface area contributed by atoms with Gasteiger partial charge in [-0.2, -0.15) is 13.2 Å². The Hall–Kier alpha value is -2.41. The van der Waals surface area contributed by atoms with Crippen molar-refractivity contribution in [3.63, 3.8) is 0 Å². The molecule has 1 unspecified atom stereocenters. The molecular weight excluding hydrogens is 338 g/mol. The van der Waals surface area contributed by atoms with Gasteiger partial charge in [-0.25, -0.2) is 4.39 Å². The Labute approximate surface area is 142 Å². The van der Waals surface area contributed by atoms with Gasteiger partial charge in [-0.1, -0.05) is 18.2 Å². The van der Waals surface area contributed by atoms with Gasteiger partial charge >= 0.3 is 6.18 Å². The van der Waals surface area contributed by atoms with Gasteiger partial charge in [0.1, 0.15) is 5.82 Å². The number of alkyl halides is 3. The Morgan fingerprint density at radius 3 is 2.48 bits per heavy atom. The lowest BCUT2D eigenvalue weighted by molar-refractivity contribution is -0.139. The van der Waals surface area contributed by atoms with Crippen LogP contribution in [0.25, 0.3) is 0 Å². The molecule has 2 aromatic rings. The van der Waals surface area contributed by atoms with Crippen molar-refractivity contribution in [1.29, 1.82) is 0 Å². The lowest BCUT2D eigenvalue weighted by Gasteiger charge is -2.22. The summed E-state index contributed by atoms with van der Waals surface area (Å²) < 4.78 is 51.3. The third kappa shape index (κ3) is 4.57. The highest BCUT2D eigenvalue weighted by atomic mass is 19.4. The Morgan fingerprint density at radius 1 is 1.20 bits per heavy atom. The van der Waals surface area contributed by atoms with E-state index in [0.29, 0.717) is 5.56 Å². The van der Waals surface area contributed by atoms with Gasteiger partial charge in [-0.15, -0.1) is 0 Å². The maximum Gasteiger partial charge on any atom is 0.416 e. The fourth-order valence-electron chi connectivity index (χ4n) is 2.49. The molecule has 0 aromatic heterocycles. The molecular formula is C18H17F4NO2. The van der Waals surface area contributed by atoms with Gasteiger partial charge in [0.2, 0.25) is 0 Å². The molecule has 0 saturated carbocycles. The summed E-state index contributed by atoms with van der Waals surface area (Å²) in [5.74, 6) is -1.18. The molecule has 7 heteroatoms. The van der Waals surface area contributed by atoms with E-state index in [1.807, 2.05) is 0 Å². The molecule has 134 valence electrons. The lowest BCUT2D eigenvalue weighted by atomic mass is 10.0. The van der Waals surface area contributed by atoms with Crippen molar-refractivity contribution in [1.82, 2.24) is 4.90 Å². The van der Waals surface area contributed by atoms with Crippen molar-refractivity contribution in [2.24, 2.45) is 0 Å². The summed E-state index contributed by atoms with van der Waals surface area (Å²) in [7, 11) is 1.38. The fourth-order valence-corrected chi connectivity index (χ4v) is 2.49. The van der Waals surface area contributed by atoms with Gasteiger partial charge in [-0.3, -0.25) is 4.79 Å². The Morgan fingerprint density at radius 2 is 1.88 bits per heavy atom. The third-order valence-corrected chi connectivity index (χ3v) is 3.81. The molecule has 0 radical (unpaired) electrons. The Balaban J connectivity index is 2.15. The van der Waals surface area contributed by atoms with Gasteiger partial charge in [0.05, 0.1) is 5.56 Å². The van der Waals surface area contributed by atoms with Crippen molar-refractivity contribution < 1.29 is 27.5 Å². The topological polar surface area (TPSA) is 40.5 Å².